The van der Waals surface area contributed by atoms with Crippen LogP contribution in [0, 0.1) is 10.1 Å². The molecule has 2 saturated heterocycles. The maximum absolute atomic E-state index is 13.4. The van der Waals surface area contributed by atoms with Crippen molar-refractivity contribution in [2.75, 3.05) is 36.9 Å². The van der Waals surface area contributed by atoms with Gasteiger partial charge in [0, 0.05) is 56.4 Å². The van der Waals surface area contributed by atoms with Crippen LogP contribution in [0.4, 0.5) is 31.8 Å². The second-order valence-corrected chi connectivity index (χ2v) is 9.99. The van der Waals surface area contributed by atoms with E-state index in [4.69, 9.17) is 4.74 Å². The molecule has 2 aliphatic heterocycles. The quantitative estimate of drug-likeness (QED) is 0.268. The first-order valence-electron chi connectivity index (χ1n) is 12.5. The average Bonchev–Trinajstić information content (AvgIpc) is 3.44. The predicted octanol–water partition coefficient (Wildman–Crippen LogP) is 4.57. The molecule has 5 heterocycles. The Kier molecular flexibility index (Phi) is 6.02. The Morgan fingerprint density at radius 1 is 1.18 bits per heavy atom. The fraction of sp³-hybridized carbons (Fsp3) is 0.346. The number of pyridine rings is 1. The highest BCUT2D eigenvalue weighted by atomic mass is 19.3. The van der Waals surface area contributed by atoms with E-state index < -0.39 is 11.5 Å². The lowest BCUT2D eigenvalue weighted by Gasteiger charge is -2.52. The maximum Gasteiger partial charge on any atom is 0.387 e. The third-order valence-electron chi connectivity index (χ3n) is 7.67. The van der Waals surface area contributed by atoms with Crippen molar-refractivity contribution in [3.63, 3.8) is 0 Å². The number of rotatable bonds is 7. The van der Waals surface area contributed by atoms with Crippen molar-refractivity contribution in [2.45, 2.75) is 25.0 Å². The summed E-state index contributed by atoms with van der Waals surface area (Å²) in [7, 11) is 3.94. The van der Waals surface area contributed by atoms with Gasteiger partial charge in [-0.1, -0.05) is 0 Å². The fourth-order valence-corrected chi connectivity index (χ4v) is 5.65. The number of halogens is 2. The molecular formula is C26H26F2N8O3. The summed E-state index contributed by atoms with van der Waals surface area (Å²) in [5.74, 6) is -0.163. The SMILES string of the molecule is CN1CCCC12CN(c1cc(OC(F)F)c(Nc3nccc(-c4cn(C)c5cccnc45)n3)cc1[N+](=O)[O-])C2. The molecule has 0 atom stereocenters. The number of aryl methyl sites for hydroxylation is 1. The van der Waals surface area contributed by atoms with Gasteiger partial charge in [-0.25, -0.2) is 9.97 Å². The number of hydrogen-bond acceptors (Lipinski definition) is 9. The van der Waals surface area contributed by atoms with Gasteiger partial charge in [0.15, 0.2) is 5.75 Å². The second-order valence-electron chi connectivity index (χ2n) is 9.99. The van der Waals surface area contributed by atoms with Crippen LogP contribution in [0.25, 0.3) is 22.3 Å². The van der Waals surface area contributed by atoms with Gasteiger partial charge in [-0.05, 0) is 44.6 Å². The predicted molar refractivity (Wildman–Crippen MR) is 142 cm³/mol. The molecule has 0 radical (unpaired) electrons. The highest BCUT2D eigenvalue weighted by molar-refractivity contribution is 5.92. The van der Waals surface area contributed by atoms with E-state index in [2.05, 4.69) is 25.2 Å². The van der Waals surface area contributed by atoms with Crippen LogP contribution in [0.3, 0.4) is 0 Å². The molecule has 0 amide bonds. The molecule has 1 spiro atoms. The van der Waals surface area contributed by atoms with Gasteiger partial charge in [0.25, 0.3) is 5.69 Å². The second kappa shape index (κ2) is 9.42. The summed E-state index contributed by atoms with van der Waals surface area (Å²) >= 11 is 0. The van der Waals surface area contributed by atoms with Crippen molar-refractivity contribution >= 4 is 34.0 Å². The minimum absolute atomic E-state index is 0.0350. The van der Waals surface area contributed by atoms with E-state index in [1.807, 2.05) is 41.9 Å². The molecule has 1 N–H and O–H groups in total. The number of alkyl halides is 2. The third-order valence-corrected chi connectivity index (χ3v) is 7.67. The van der Waals surface area contributed by atoms with Crippen molar-refractivity contribution in [3.05, 3.63) is 59.0 Å². The normalized spacial score (nSPS) is 16.7. The van der Waals surface area contributed by atoms with Crippen LogP contribution in [-0.2, 0) is 7.05 Å². The zero-order valence-corrected chi connectivity index (χ0v) is 21.3. The molecule has 13 heteroatoms. The van der Waals surface area contributed by atoms with E-state index in [-0.39, 0.29) is 34.3 Å². The number of hydrogen-bond donors (Lipinski definition) is 1. The van der Waals surface area contributed by atoms with Crippen molar-refractivity contribution < 1.29 is 18.4 Å². The molecule has 39 heavy (non-hydrogen) atoms. The number of nitrogens with one attached hydrogen (secondary N) is 1. The first-order valence-corrected chi connectivity index (χ1v) is 12.5. The molecule has 6 rings (SSSR count). The Morgan fingerprint density at radius 3 is 2.72 bits per heavy atom. The van der Waals surface area contributed by atoms with E-state index in [1.165, 1.54) is 18.3 Å². The van der Waals surface area contributed by atoms with Crippen molar-refractivity contribution in [3.8, 4) is 17.0 Å². The molecule has 0 unspecified atom stereocenters. The summed E-state index contributed by atoms with van der Waals surface area (Å²) in [6.07, 6.45) is 7.14. The number of fused-ring (bicyclic) bond motifs is 1. The molecule has 3 aromatic heterocycles. The topological polar surface area (TPSA) is 114 Å². The Hall–Kier alpha value is -4.39. The van der Waals surface area contributed by atoms with Crippen LogP contribution < -0.4 is 15.0 Å². The van der Waals surface area contributed by atoms with E-state index in [0.717, 1.165) is 36.0 Å². The van der Waals surface area contributed by atoms with E-state index in [1.54, 1.807) is 12.3 Å². The summed E-state index contributed by atoms with van der Waals surface area (Å²) in [6.45, 7) is -1.00. The number of nitro groups is 1. The monoisotopic (exact) mass is 536 g/mol. The molecule has 0 aliphatic carbocycles. The molecule has 2 aliphatic rings. The Labute approximate surface area is 222 Å². The van der Waals surface area contributed by atoms with Crippen molar-refractivity contribution in [1.29, 1.82) is 0 Å². The number of likely N-dealkylation sites (N-methyl/N-ethyl adjacent to an activating group) is 1. The Morgan fingerprint density at radius 2 is 2.00 bits per heavy atom. The molecule has 4 aromatic rings. The van der Waals surface area contributed by atoms with Gasteiger partial charge < -0.3 is 19.5 Å². The first kappa shape index (κ1) is 24.9. The first-order chi connectivity index (χ1) is 18.7. The van der Waals surface area contributed by atoms with Gasteiger partial charge in [-0.2, -0.15) is 8.78 Å². The van der Waals surface area contributed by atoms with Gasteiger partial charge in [0.05, 0.1) is 32.9 Å². The number of benzene rings is 1. The van der Waals surface area contributed by atoms with Crippen LogP contribution in [0.1, 0.15) is 12.8 Å². The van der Waals surface area contributed by atoms with Gasteiger partial charge in [-0.15, -0.1) is 0 Å². The van der Waals surface area contributed by atoms with Crippen LogP contribution in [0.5, 0.6) is 5.75 Å². The summed E-state index contributed by atoms with van der Waals surface area (Å²) in [5.41, 5.74) is 2.90. The van der Waals surface area contributed by atoms with Crippen molar-refractivity contribution in [2.24, 2.45) is 7.05 Å². The van der Waals surface area contributed by atoms with Crippen molar-refractivity contribution in [1.82, 2.24) is 24.4 Å². The van der Waals surface area contributed by atoms with Gasteiger partial charge in [-0.3, -0.25) is 20.0 Å². The number of nitrogens with zero attached hydrogens (tertiary/aromatic N) is 7. The molecule has 0 bridgehead atoms. The highest BCUT2D eigenvalue weighted by Crippen LogP contribution is 2.46. The Balaban J connectivity index is 1.35. The lowest BCUT2D eigenvalue weighted by atomic mass is 9.86. The fourth-order valence-electron chi connectivity index (χ4n) is 5.65. The number of ether oxygens (including phenoxy) is 1. The van der Waals surface area contributed by atoms with Gasteiger partial charge >= 0.3 is 6.61 Å². The minimum atomic E-state index is -3.13. The number of likely N-dealkylation sites (tertiary alicyclic amines) is 1. The third kappa shape index (κ3) is 4.38. The molecule has 2 fully saturated rings. The summed E-state index contributed by atoms with van der Waals surface area (Å²) in [5, 5.41) is 14.9. The minimum Gasteiger partial charge on any atom is -0.433 e. The van der Waals surface area contributed by atoms with E-state index in [0.29, 0.717) is 18.8 Å². The van der Waals surface area contributed by atoms with E-state index >= 15 is 0 Å². The highest BCUT2D eigenvalue weighted by Gasteiger charge is 2.50. The van der Waals surface area contributed by atoms with E-state index in [9.17, 15) is 18.9 Å². The van der Waals surface area contributed by atoms with Gasteiger partial charge in [0.2, 0.25) is 5.95 Å². The average molecular weight is 537 g/mol. The number of anilines is 3. The lowest BCUT2D eigenvalue weighted by Crippen LogP contribution is -2.67. The lowest BCUT2D eigenvalue weighted by molar-refractivity contribution is -0.384. The van der Waals surface area contributed by atoms with Crippen LogP contribution >= 0.6 is 0 Å². The Bertz CT molecular complexity index is 1570. The molecule has 11 nitrogen and oxygen atoms in total. The molecular weight excluding hydrogens is 510 g/mol. The number of aromatic nitrogens is 4. The summed E-state index contributed by atoms with van der Waals surface area (Å²) in [4.78, 5) is 28.8. The van der Waals surface area contributed by atoms with Gasteiger partial charge in [0.1, 0.15) is 5.69 Å². The molecule has 1 aromatic carbocycles. The largest absolute Gasteiger partial charge is 0.433 e. The van der Waals surface area contributed by atoms with Crippen LogP contribution in [0.2, 0.25) is 0 Å². The summed E-state index contributed by atoms with van der Waals surface area (Å²) < 4.78 is 33.5. The molecule has 202 valence electrons. The zero-order valence-electron chi connectivity index (χ0n) is 21.3. The smallest absolute Gasteiger partial charge is 0.387 e. The van der Waals surface area contributed by atoms with Crippen LogP contribution in [0.15, 0.2) is 48.9 Å². The number of nitro benzene ring substituents is 1. The standard InChI is InChI=1S/C26H26F2N8O3/c1-33-13-16(23-19(33)5-3-8-29-23)17-6-9-30-25(31-17)32-18-11-21(36(37)38)20(12-22(18)39-24(27)28)35-14-26(15-35)7-4-10-34(26)2/h3,5-6,8-9,11-13,24H,4,7,10,14-15H2,1-2H3,(H,30,31,32). The summed E-state index contributed by atoms with van der Waals surface area (Å²) in [6, 6.07) is 7.98. The molecule has 0 saturated carbocycles. The maximum atomic E-state index is 13.4. The zero-order chi connectivity index (χ0) is 27.3. The van der Waals surface area contributed by atoms with Crippen LogP contribution in [-0.4, -0.2) is 68.2 Å².